The van der Waals surface area contributed by atoms with E-state index in [2.05, 4.69) is 0 Å². The number of likely N-dealkylation sites (tertiary alicyclic amines) is 1. The molecule has 6 heteroatoms. The van der Waals surface area contributed by atoms with Crippen LogP contribution in [0.15, 0.2) is 18.2 Å². The van der Waals surface area contributed by atoms with Gasteiger partial charge in [-0.15, -0.1) is 0 Å². The van der Waals surface area contributed by atoms with Crippen molar-refractivity contribution >= 4 is 11.9 Å². The largest absolute Gasteiger partial charge is 0.486 e. The molecule has 0 aliphatic carbocycles. The first-order chi connectivity index (χ1) is 11.4. The summed E-state index contributed by atoms with van der Waals surface area (Å²) >= 11 is 0. The Labute approximate surface area is 141 Å². The van der Waals surface area contributed by atoms with Crippen molar-refractivity contribution in [3.63, 3.8) is 0 Å². The number of hydrogen-bond acceptors (Lipinski definition) is 4. The van der Waals surface area contributed by atoms with Crippen LogP contribution in [0.3, 0.4) is 0 Å². The highest BCUT2D eigenvalue weighted by Gasteiger charge is 2.39. The monoisotopic (exact) mass is 333 g/mol. The van der Waals surface area contributed by atoms with Crippen molar-refractivity contribution in [3.8, 4) is 11.5 Å². The summed E-state index contributed by atoms with van der Waals surface area (Å²) in [5.74, 6) is 0.445. The second-order valence-corrected chi connectivity index (χ2v) is 6.88. The number of hydrogen-bond donors (Lipinski definition) is 1. The maximum Gasteiger partial charge on any atom is 0.305 e. The molecule has 1 aromatic rings. The Morgan fingerprint density at radius 3 is 2.67 bits per heavy atom. The molecule has 2 aliphatic heterocycles. The van der Waals surface area contributed by atoms with E-state index in [-0.39, 0.29) is 18.4 Å². The number of ether oxygens (including phenoxy) is 2. The Bertz CT molecular complexity index is 655. The highest BCUT2D eigenvalue weighted by atomic mass is 16.6. The van der Waals surface area contributed by atoms with E-state index in [0.717, 1.165) is 18.4 Å². The number of carboxylic acid groups (broad SMARTS) is 1. The molecule has 0 bridgehead atoms. The zero-order chi connectivity index (χ0) is 17.3. The normalized spacial score (nSPS) is 20.1. The number of carbonyl (C=O) groups is 2. The summed E-state index contributed by atoms with van der Waals surface area (Å²) < 4.78 is 11.1. The van der Waals surface area contributed by atoms with Crippen molar-refractivity contribution in [2.24, 2.45) is 0 Å². The van der Waals surface area contributed by atoms with E-state index in [9.17, 15) is 9.59 Å². The Kier molecular flexibility index (Phi) is 4.39. The van der Waals surface area contributed by atoms with E-state index >= 15 is 0 Å². The van der Waals surface area contributed by atoms with E-state index in [0.29, 0.717) is 31.3 Å². The molecule has 0 spiro atoms. The van der Waals surface area contributed by atoms with Crippen molar-refractivity contribution in [1.82, 2.24) is 4.90 Å². The molecular weight excluding hydrogens is 310 g/mol. The molecule has 0 radical (unpaired) electrons. The summed E-state index contributed by atoms with van der Waals surface area (Å²) in [7, 11) is 0. The quantitative estimate of drug-likeness (QED) is 0.914. The molecule has 2 aliphatic rings. The molecule has 24 heavy (non-hydrogen) atoms. The third-order valence-electron chi connectivity index (χ3n) is 4.85. The maximum atomic E-state index is 13.1. The minimum Gasteiger partial charge on any atom is -0.486 e. The van der Waals surface area contributed by atoms with Gasteiger partial charge in [0.2, 0.25) is 5.91 Å². The lowest BCUT2D eigenvalue weighted by molar-refractivity contribution is -0.141. The number of carbonyl (C=O) groups excluding carboxylic acids is 1. The number of nitrogens with zero attached hydrogens (tertiary/aromatic N) is 1. The molecule has 1 atom stereocenters. The fourth-order valence-corrected chi connectivity index (χ4v) is 3.43. The standard InChI is InChI=1S/C18H23NO5/c1-18(2,12-5-6-14-15(10-12)24-9-8-23-14)17(22)19-7-3-4-13(19)11-16(20)21/h5-6,10,13H,3-4,7-9,11H2,1-2H3,(H,20,21). The summed E-state index contributed by atoms with van der Waals surface area (Å²) in [5, 5.41) is 9.06. The smallest absolute Gasteiger partial charge is 0.305 e. The fraction of sp³-hybridized carbons (Fsp3) is 0.556. The Hall–Kier alpha value is -2.24. The lowest BCUT2D eigenvalue weighted by Crippen LogP contribution is -2.46. The van der Waals surface area contributed by atoms with Crippen molar-refractivity contribution < 1.29 is 24.2 Å². The number of aliphatic carboxylic acids is 1. The predicted molar refractivity (Wildman–Crippen MR) is 87.4 cm³/mol. The fourth-order valence-electron chi connectivity index (χ4n) is 3.43. The first kappa shape index (κ1) is 16.6. The Balaban J connectivity index is 1.83. The van der Waals surface area contributed by atoms with Crippen LogP contribution >= 0.6 is 0 Å². The molecule has 3 rings (SSSR count). The molecule has 0 aromatic heterocycles. The van der Waals surface area contributed by atoms with Gasteiger partial charge >= 0.3 is 5.97 Å². The van der Waals surface area contributed by atoms with Crippen LogP contribution in [0.1, 0.15) is 38.7 Å². The first-order valence-electron chi connectivity index (χ1n) is 8.32. The molecule has 1 aromatic carbocycles. The topological polar surface area (TPSA) is 76.1 Å². The lowest BCUT2D eigenvalue weighted by Gasteiger charge is -2.33. The molecule has 1 N–H and O–H groups in total. The summed E-state index contributed by atoms with van der Waals surface area (Å²) in [6.45, 7) is 5.38. The van der Waals surface area contributed by atoms with Crippen LogP contribution in [0.25, 0.3) is 0 Å². The predicted octanol–water partition coefficient (Wildman–Crippen LogP) is 2.20. The van der Waals surface area contributed by atoms with Crippen molar-refractivity contribution in [3.05, 3.63) is 23.8 Å². The van der Waals surface area contributed by atoms with Gasteiger partial charge in [0, 0.05) is 12.6 Å². The average molecular weight is 333 g/mol. The van der Waals surface area contributed by atoms with Crippen molar-refractivity contribution in [2.45, 2.75) is 44.6 Å². The van der Waals surface area contributed by atoms with E-state index in [1.807, 2.05) is 32.0 Å². The summed E-state index contributed by atoms with van der Waals surface area (Å²) in [5.41, 5.74) is 0.0921. The van der Waals surface area contributed by atoms with Gasteiger partial charge < -0.3 is 19.5 Å². The molecule has 1 unspecified atom stereocenters. The summed E-state index contributed by atoms with van der Waals surface area (Å²) in [6, 6.07) is 5.35. The summed E-state index contributed by atoms with van der Waals surface area (Å²) in [6.07, 6.45) is 1.60. The molecule has 1 amide bonds. The second kappa shape index (κ2) is 6.34. The van der Waals surface area contributed by atoms with Crippen LogP contribution in [-0.4, -0.2) is 47.7 Å². The molecule has 130 valence electrons. The number of amides is 1. The van der Waals surface area contributed by atoms with Crippen LogP contribution in [0.4, 0.5) is 0 Å². The van der Waals surface area contributed by atoms with Gasteiger partial charge in [0.1, 0.15) is 13.2 Å². The highest BCUT2D eigenvalue weighted by molar-refractivity contribution is 5.88. The molecule has 0 saturated carbocycles. The van der Waals surface area contributed by atoms with Gasteiger partial charge in [0.15, 0.2) is 11.5 Å². The maximum absolute atomic E-state index is 13.1. The molecule has 1 saturated heterocycles. The SMILES string of the molecule is CC(C)(C(=O)N1CCCC1CC(=O)O)c1ccc2c(c1)OCCO2. The Morgan fingerprint density at radius 2 is 1.96 bits per heavy atom. The Morgan fingerprint density at radius 1 is 1.25 bits per heavy atom. The van der Waals surface area contributed by atoms with Crippen molar-refractivity contribution in [1.29, 1.82) is 0 Å². The van der Waals surface area contributed by atoms with E-state index < -0.39 is 11.4 Å². The van der Waals surface area contributed by atoms with Crippen LogP contribution < -0.4 is 9.47 Å². The first-order valence-corrected chi connectivity index (χ1v) is 8.32. The van der Waals surface area contributed by atoms with Gasteiger partial charge in [-0.3, -0.25) is 9.59 Å². The highest BCUT2D eigenvalue weighted by Crippen LogP contribution is 2.37. The molecular formula is C18H23NO5. The zero-order valence-corrected chi connectivity index (χ0v) is 14.1. The second-order valence-electron chi connectivity index (χ2n) is 6.88. The van der Waals surface area contributed by atoms with Gasteiger partial charge in [0.05, 0.1) is 11.8 Å². The molecule has 2 heterocycles. The lowest BCUT2D eigenvalue weighted by atomic mass is 9.82. The molecule has 6 nitrogen and oxygen atoms in total. The van der Waals surface area contributed by atoms with Crippen LogP contribution in [0, 0.1) is 0 Å². The number of fused-ring (bicyclic) bond motifs is 1. The van der Waals surface area contributed by atoms with Gasteiger partial charge in [0.25, 0.3) is 0 Å². The minimum atomic E-state index is -0.864. The minimum absolute atomic E-state index is 0.00294. The number of rotatable bonds is 4. The van der Waals surface area contributed by atoms with Gasteiger partial charge in [-0.25, -0.2) is 0 Å². The third-order valence-corrected chi connectivity index (χ3v) is 4.85. The van der Waals surface area contributed by atoms with Gasteiger partial charge in [-0.05, 0) is 44.4 Å². The van der Waals surface area contributed by atoms with Crippen molar-refractivity contribution in [2.75, 3.05) is 19.8 Å². The molecule has 1 fully saturated rings. The van der Waals surface area contributed by atoms with Gasteiger partial charge in [-0.1, -0.05) is 6.07 Å². The van der Waals surface area contributed by atoms with E-state index in [4.69, 9.17) is 14.6 Å². The van der Waals surface area contributed by atoms with E-state index in [1.54, 1.807) is 4.90 Å². The average Bonchev–Trinajstić information content (AvgIpc) is 3.00. The van der Waals surface area contributed by atoms with Crippen LogP contribution in [0.2, 0.25) is 0 Å². The third kappa shape index (κ3) is 3.05. The number of carboxylic acids is 1. The van der Waals surface area contributed by atoms with Crippen LogP contribution in [0.5, 0.6) is 11.5 Å². The zero-order valence-electron chi connectivity index (χ0n) is 14.1. The summed E-state index contributed by atoms with van der Waals surface area (Å²) in [4.78, 5) is 25.9. The number of benzene rings is 1. The van der Waals surface area contributed by atoms with Crippen LogP contribution in [-0.2, 0) is 15.0 Å². The van der Waals surface area contributed by atoms with E-state index in [1.165, 1.54) is 0 Å². The van der Waals surface area contributed by atoms with Gasteiger partial charge in [-0.2, -0.15) is 0 Å².